The maximum Gasteiger partial charge on any atom is 0.131 e. The molecule has 0 atom stereocenters. The summed E-state index contributed by atoms with van der Waals surface area (Å²) in [6.07, 6.45) is 7.96. The number of rotatable bonds is 9. The number of aryl methyl sites for hydroxylation is 2. The van der Waals surface area contributed by atoms with Crippen LogP contribution in [0, 0.1) is 13.8 Å². The van der Waals surface area contributed by atoms with Gasteiger partial charge in [-0.15, -0.1) is 0 Å². The Morgan fingerprint density at radius 2 is 1.25 bits per heavy atom. The van der Waals surface area contributed by atoms with Crippen LogP contribution in [0.4, 0.5) is 0 Å². The molecule has 0 spiro atoms. The van der Waals surface area contributed by atoms with E-state index in [4.69, 9.17) is 14.6 Å². The molecule has 208 valence electrons. The molecule has 0 aliphatic heterocycles. The van der Waals surface area contributed by atoms with Crippen LogP contribution in [-0.4, -0.2) is 29.5 Å². The van der Waals surface area contributed by atoms with Crippen LogP contribution >= 0.6 is 0 Å². The van der Waals surface area contributed by atoms with Crippen molar-refractivity contribution in [2.24, 2.45) is 0 Å². The molecule has 0 saturated heterocycles. The van der Waals surface area contributed by atoms with Gasteiger partial charge < -0.3 is 24.8 Å². The standard InChI is InChI=1S/C18H20O3.C17H18O2/c1-13-3-5-17(12-20)16(9-13)8-7-15-6-4-14(11-19)10-18(15)21-2;1-13-6-8-14(9-7-13)10-11-15-4-3-5-16(12-18)17(15)19-2/h3-10,19-20H,11-12H2,1-2H3;3-11,18H,12H2,1-2H3/b8-7+;11-10+. The molecule has 4 aromatic carbocycles. The molecule has 5 nitrogen and oxygen atoms in total. The molecule has 0 aromatic heterocycles. The van der Waals surface area contributed by atoms with E-state index >= 15 is 0 Å². The minimum Gasteiger partial charge on any atom is -0.496 e. The van der Waals surface area contributed by atoms with Crippen molar-refractivity contribution in [1.29, 1.82) is 0 Å². The predicted molar refractivity (Wildman–Crippen MR) is 164 cm³/mol. The molecule has 0 heterocycles. The van der Waals surface area contributed by atoms with E-state index in [9.17, 15) is 10.2 Å². The van der Waals surface area contributed by atoms with Crippen molar-refractivity contribution in [1.82, 2.24) is 0 Å². The van der Waals surface area contributed by atoms with Gasteiger partial charge in [-0.05, 0) is 42.2 Å². The Morgan fingerprint density at radius 1 is 0.575 bits per heavy atom. The quantitative estimate of drug-likeness (QED) is 0.204. The molecule has 0 radical (unpaired) electrons. The highest BCUT2D eigenvalue weighted by Gasteiger charge is 2.06. The van der Waals surface area contributed by atoms with Crippen molar-refractivity contribution < 1.29 is 24.8 Å². The second-order valence-corrected chi connectivity index (χ2v) is 9.37. The molecule has 0 aliphatic rings. The van der Waals surface area contributed by atoms with E-state index in [1.165, 1.54) is 5.56 Å². The molecule has 4 rings (SSSR count). The Kier molecular flexibility index (Phi) is 11.7. The average Bonchev–Trinajstić information content (AvgIpc) is 2.99. The lowest BCUT2D eigenvalue weighted by Gasteiger charge is -2.09. The van der Waals surface area contributed by atoms with E-state index in [-0.39, 0.29) is 19.8 Å². The molecule has 0 aliphatic carbocycles. The SMILES string of the molecule is COc1c(/C=C/c2ccc(C)cc2)cccc1CO.COc1cc(CO)ccc1/C=C/c1cc(C)ccc1CO. The van der Waals surface area contributed by atoms with Crippen molar-refractivity contribution in [2.45, 2.75) is 33.7 Å². The Labute approximate surface area is 237 Å². The third kappa shape index (κ3) is 8.42. The van der Waals surface area contributed by atoms with Gasteiger partial charge in [0.1, 0.15) is 11.5 Å². The zero-order valence-electron chi connectivity index (χ0n) is 23.6. The summed E-state index contributed by atoms with van der Waals surface area (Å²) in [7, 11) is 3.23. The number of hydrogen-bond acceptors (Lipinski definition) is 5. The third-order valence-electron chi connectivity index (χ3n) is 6.43. The number of aliphatic hydroxyl groups is 3. The predicted octanol–water partition coefficient (Wildman–Crippen LogP) is 6.82. The molecular formula is C35H38O5. The van der Waals surface area contributed by atoms with E-state index in [0.717, 1.165) is 56.0 Å². The van der Waals surface area contributed by atoms with E-state index in [0.29, 0.717) is 0 Å². The highest BCUT2D eigenvalue weighted by Crippen LogP contribution is 2.26. The van der Waals surface area contributed by atoms with E-state index in [2.05, 4.69) is 31.2 Å². The summed E-state index contributed by atoms with van der Waals surface area (Å²) in [6, 6.07) is 25.6. The highest BCUT2D eigenvalue weighted by atomic mass is 16.5. The Bertz CT molecular complexity index is 1440. The van der Waals surface area contributed by atoms with E-state index in [1.54, 1.807) is 14.2 Å². The van der Waals surface area contributed by atoms with Crippen LogP contribution in [0.15, 0.2) is 78.9 Å². The summed E-state index contributed by atoms with van der Waals surface area (Å²) < 4.78 is 10.7. The lowest BCUT2D eigenvalue weighted by molar-refractivity contribution is 0.273. The Morgan fingerprint density at radius 3 is 1.90 bits per heavy atom. The molecule has 40 heavy (non-hydrogen) atoms. The van der Waals surface area contributed by atoms with Crippen LogP contribution in [-0.2, 0) is 19.8 Å². The Balaban J connectivity index is 0.000000222. The molecule has 3 N–H and O–H groups in total. The molecule has 0 amide bonds. The van der Waals surface area contributed by atoms with Gasteiger partial charge in [0.05, 0.1) is 34.0 Å². The molecule has 4 aromatic rings. The van der Waals surface area contributed by atoms with Crippen molar-refractivity contribution in [3.63, 3.8) is 0 Å². The lowest BCUT2D eigenvalue weighted by atomic mass is 10.0. The highest BCUT2D eigenvalue weighted by molar-refractivity contribution is 5.75. The normalized spacial score (nSPS) is 11.0. The van der Waals surface area contributed by atoms with Gasteiger partial charge in [0.15, 0.2) is 0 Å². The van der Waals surface area contributed by atoms with Crippen molar-refractivity contribution in [3.05, 3.63) is 129 Å². The molecule has 5 heteroatoms. The van der Waals surface area contributed by atoms with Gasteiger partial charge in [0.2, 0.25) is 0 Å². The molecule has 0 unspecified atom stereocenters. The van der Waals surface area contributed by atoms with Crippen LogP contribution in [0.1, 0.15) is 50.1 Å². The summed E-state index contributed by atoms with van der Waals surface area (Å²) in [6.45, 7) is 4.08. The molecule has 0 saturated carbocycles. The van der Waals surface area contributed by atoms with Crippen molar-refractivity contribution in [3.8, 4) is 11.5 Å². The number of para-hydroxylation sites is 1. The van der Waals surface area contributed by atoms with Gasteiger partial charge in [-0.25, -0.2) is 0 Å². The first kappa shape index (κ1) is 30.4. The van der Waals surface area contributed by atoms with Gasteiger partial charge >= 0.3 is 0 Å². The van der Waals surface area contributed by atoms with Crippen molar-refractivity contribution in [2.75, 3.05) is 14.2 Å². The Hall–Kier alpha value is -4.16. The van der Waals surface area contributed by atoms with Crippen LogP contribution in [0.25, 0.3) is 24.3 Å². The summed E-state index contributed by atoms with van der Waals surface area (Å²) in [4.78, 5) is 0. The number of benzene rings is 4. The van der Waals surface area contributed by atoms with Gasteiger partial charge in [0, 0.05) is 16.7 Å². The minimum atomic E-state index is -0.0185. The maximum atomic E-state index is 9.39. The first-order chi connectivity index (χ1) is 19.4. The minimum absolute atomic E-state index is 0.00705. The van der Waals surface area contributed by atoms with Gasteiger partial charge in [-0.1, -0.05) is 108 Å². The maximum absolute atomic E-state index is 9.39. The van der Waals surface area contributed by atoms with Crippen LogP contribution < -0.4 is 9.47 Å². The van der Waals surface area contributed by atoms with Gasteiger partial charge in [0.25, 0.3) is 0 Å². The third-order valence-corrected chi connectivity index (χ3v) is 6.43. The van der Waals surface area contributed by atoms with E-state index < -0.39 is 0 Å². The van der Waals surface area contributed by atoms with Crippen LogP contribution in [0.3, 0.4) is 0 Å². The number of ether oxygens (including phenoxy) is 2. The molecule has 0 fully saturated rings. The monoisotopic (exact) mass is 538 g/mol. The first-order valence-electron chi connectivity index (χ1n) is 13.1. The first-order valence-corrected chi connectivity index (χ1v) is 13.1. The summed E-state index contributed by atoms with van der Waals surface area (Å²) in [5, 5.41) is 27.8. The summed E-state index contributed by atoms with van der Waals surface area (Å²) in [5.41, 5.74) is 8.93. The average molecular weight is 539 g/mol. The zero-order chi connectivity index (χ0) is 28.9. The molecular weight excluding hydrogens is 500 g/mol. The number of hydrogen-bond donors (Lipinski definition) is 3. The van der Waals surface area contributed by atoms with E-state index in [1.807, 2.05) is 85.8 Å². The van der Waals surface area contributed by atoms with Gasteiger partial charge in [-0.3, -0.25) is 0 Å². The zero-order valence-corrected chi connectivity index (χ0v) is 23.6. The van der Waals surface area contributed by atoms with Crippen molar-refractivity contribution >= 4 is 24.3 Å². The summed E-state index contributed by atoms with van der Waals surface area (Å²) >= 11 is 0. The number of aliphatic hydroxyl groups excluding tert-OH is 3. The largest absolute Gasteiger partial charge is 0.496 e. The lowest BCUT2D eigenvalue weighted by Crippen LogP contribution is -1.94. The second kappa shape index (κ2) is 15.4. The fourth-order valence-electron chi connectivity index (χ4n) is 4.16. The smallest absolute Gasteiger partial charge is 0.131 e. The second-order valence-electron chi connectivity index (χ2n) is 9.37. The fraction of sp³-hybridized carbons (Fsp3) is 0.200. The summed E-state index contributed by atoms with van der Waals surface area (Å²) in [5.74, 6) is 1.45. The topological polar surface area (TPSA) is 79.2 Å². The van der Waals surface area contributed by atoms with Crippen LogP contribution in [0.2, 0.25) is 0 Å². The number of methoxy groups -OCH3 is 2. The van der Waals surface area contributed by atoms with Gasteiger partial charge in [-0.2, -0.15) is 0 Å². The fourth-order valence-corrected chi connectivity index (χ4v) is 4.16. The van der Waals surface area contributed by atoms with Crippen LogP contribution in [0.5, 0.6) is 11.5 Å². The molecule has 0 bridgehead atoms.